The van der Waals surface area contributed by atoms with Crippen molar-refractivity contribution in [1.82, 2.24) is 9.97 Å². The summed E-state index contributed by atoms with van der Waals surface area (Å²) in [6.45, 7) is 0. The second-order valence-electron chi connectivity index (χ2n) is 3.56. The molecule has 18 heavy (non-hydrogen) atoms. The van der Waals surface area contributed by atoms with Crippen LogP contribution in [0.3, 0.4) is 0 Å². The molecule has 5 heteroatoms. The Morgan fingerprint density at radius 2 is 2.11 bits per heavy atom. The standard InChI is InChI=1S/C13H12N4O/c1-15-12-7-10(8-14)16-13(17-12)9-4-3-5-11(6-9)18-2/h3-7H,1-2H3,(H,15,16,17). The third kappa shape index (κ3) is 2.38. The van der Waals surface area contributed by atoms with Gasteiger partial charge >= 0.3 is 0 Å². The largest absolute Gasteiger partial charge is 0.497 e. The van der Waals surface area contributed by atoms with Crippen molar-refractivity contribution in [3.63, 3.8) is 0 Å². The third-order valence-electron chi connectivity index (χ3n) is 2.42. The first-order chi connectivity index (χ1) is 8.76. The molecule has 0 fully saturated rings. The van der Waals surface area contributed by atoms with E-state index in [1.165, 1.54) is 0 Å². The van der Waals surface area contributed by atoms with Crippen molar-refractivity contribution in [3.05, 3.63) is 36.0 Å². The van der Waals surface area contributed by atoms with E-state index in [-0.39, 0.29) is 0 Å². The summed E-state index contributed by atoms with van der Waals surface area (Å²) < 4.78 is 5.15. The lowest BCUT2D eigenvalue weighted by atomic mass is 10.2. The van der Waals surface area contributed by atoms with Crippen LogP contribution in [0.2, 0.25) is 0 Å². The molecule has 1 aromatic carbocycles. The molecule has 1 N–H and O–H groups in total. The zero-order valence-corrected chi connectivity index (χ0v) is 10.1. The van der Waals surface area contributed by atoms with Gasteiger partial charge in [-0.05, 0) is 12.1 Å². The predicted molar refractivity (Wildman–Crippen MR) is 68.3 cm³/mol. The summed E-state index contributed by atoms with van der Waals surface area (Å²) in [4.78, 5) is 8.49. The fraction of sp³-hybridized carbons (Fsp3) is 0.154. The molecule has 2 aromatic rings. The van der Waals surface area contributed by atoms with Crippen LogP contribution < -0.4 is 10.1 Å². The predicted octanol–water partition coefficient (Wildman–Crippen LogP) is 2.07. The summed E-state index contributed by atoms with van der Waals surface area (Å²) in [5, 5.41) is 11.8. The second kappa shape index (κ2) is 5.15. The van der Waals surface area contributed by atoms with Crippen molar-refractivity contribution in [2.24, 2.45) is 0 Å². The highest BCUT2D eigenvalue weighted by atomic mass is 16.5. The Kier molecular flexibility index (Phi) is 3.39. The summed E-state index contributed by atoms with van der Waals surface area (Å²) in [5.41, 5.74) is 1.13. The van der Waals surface area contributed by atoms with Gasteiger partial charge in [0.25, 0.3) is 0 Å². The number of methoxy groups -OCH3 is 1. The first kappa shape index (κ1) is 11.9. The van der Waals surface area contributed by atoms with E-state index in [9.17, 15) is 0 Å². The first-order valence-electron chi connectivity index (χ1n) is 5.38. The SMILES string of the molecule is CNc1cc(C#N)nc(-c2cccc(OC)c2)n1. The summed E-state index contributed by atoms with van der Waals surface area (Å²) in [6, 6.07) is 11.0. The molecule has 2 rings (SSSR count). The molecular formula is C13H12N4O. The van der Waals surface area contributed by atoms with Crippen LogP contribution in [-0.4, -0.2) is 24.1 Å². The van der Waals surface area contributed by atoms with Gasteiger partial charge in [-0.3, -0.25) is 0 Å². The van der Waals surface area contributed by atoms with E-state index in [0.29, 0.717) is 17.3 Å². The maximum absolute atomic E-state index is 8.94. The minimum absolute atomic E-state index is 0.326. The summed E-state index contributed by atoms with van der Waals surface area (Å²) in [5.74, 6) is 1.83. The Balaban J connectivity index is 2.52. The second-order valence-corrected chi connectivity index (χ2v) is 3.56. The molecule has 1 aromatic heterocycles. The van der Waals surface area contributed by atoms with Gasteiger partial charge in [0, 0.05) is 18.7 Å². The Morgan fingerprint density at radius 3 is 2.78 bits per heavy atom. The van der Waals surface area contributed by atoms with Crippen molar-refractivity contribution in [2.45, 2.75) is 0 Å². The number of anilines is 1. The number of hydrogen-bond acceptors (Lipinski definition) is 5. The summed E-state index contributed by atoms with van der Waals surface area (Å²) in [6.07, 6.45) is 0. The number of ether oxygens (including phenoxy) is 1. The Labute approximate surface area is 105 Å². The number of nitrogens with one attached hydrogen (secondary N) is 1. The summed E-state index contributed by atoms with van der Waals surface area (Å²) >= 11 is 0. The molecule has 0 bridgehead atoms. The lowest BCUT2D eigenvalue weighted by Gasteiger charge is -2.06. The number of aromatic nitrogens is 2. The van der Waals surface area contributed by atoms with Crippen LogP contribution in [0.15, 0.2) is 30.3 Å². The quantitative estimate of drug-likeness (QED) is 0.889. The van der Waals surface area contributed by atoms with E-state index >= 15 is 0 Å². The van der Waals surface area contributed by atoms with Gasteiger partial charge in [-0.25, -0.2) is 9.97 Å². The lowest BCUT2D eigenvalue weighted by Crippen LogP contribution is -1.99. The number of nitrogens with zero attached hydrogens (tertiary/aromatic N) is 3. The number of benzene rings is 1. The van der Waals surface area contributed by atoms with E-state index in [0.717, 1.165) is 11.3 Å². The van der Waals surface area contributed by atoms with Gasteiger partial charge in [-0.2, -0.15) is 5.26 Å². The molecule has 0 amide bonds. The van der Waals surface area contributed by atoms with Crippen molar-refractivity contribution in [1.29, 1.82) is 5.26 Å². The molecule has 0 aliphatic rings. The normalized spacial score (nSPS) is 9.61. The van der Waals surface area contributed by atoms with Crippen molar-refractivity contribution >= 4 is 5.82 Å². The van der Waals surface area contributed by atoms with Gasteiger partial charge in [0.15, 0.2) is 5.82 Å². The molecule has 0 radical (unpaired) electrons. The van der Waals surface area contributed by atoms with E-state index in [1.807, 2.05) is 30.3 Å². The molecule has 1 heterocycles. The highest BCUT2D eigenvalue weighted by Gasteiger charge is 2.06. The minimum Gasteiger partial charge on any atom is -0.497 e. The minimum atomic E-state index is 0.326. The van der Waals surface area contributed by atoms with Crippen LogP contribution in [0.5, 0.6) is 5.75 Å². The van der Waals surface area contributed by atoms with Crippen LogP contribution in [0.4, 0.5) is 5.82 Å². The van der Waals surface area contributed by atoms with Crippen molar-refractivity contribution in [2.75, 3.05) is 19.5 Å². The maximum Gasteiger partial charge on any atom is 0.163 e. The highest BCUT2D eigenvalue weighted by molar-refractivity contribution is 5.60. The van der Waals surface area contributed by atoms with E-state index < -0.39 is 0 Å². The fourth-order valence-electron chi connectivity index (χ4n) is 1.52. The molecule has 0 saturated heterocycles. The van der Waals surface area contributed by atoms with Gasteiger partial charge in [-0.1, -0.05) is 12.1 Å². The van der Waals surface area contributed by atoms with E-state index in [1.54, 1.807) is 20.2 Å². The Morgan fingerprint density at radius 1 is 1.28 bits per heavy atom. The summed E-state index contributed by atoms with van der Waals surface area (Å²) in [7, 11) is 3.35. The molecule has 5 nitrogen and oxygen atoms in total. The Hall–Kier alpha value is -2.61. The zero-order valence-electron chi connectivity index (χ0n) is 10.1. The zero-order chi connectivity index (χ0) is 13.0. The first-order valence-corrected chi connectivity index (χ1v) is 5.38. The molecule has 0 spiro atoms. The average Bonchev–Trinajstić information content (AvgIpc) is 2.46. The van der Waals surface area contributed by atoms with Gasteiger partial charge in [0.2, 0.25) is 0 Å². The third-order valence-corrected chi connectivity index (χ3v) is 2.42. The molecule has 0 unspecified atom stereocenters. The average molecular weight is 240 g/mol. The lowest BCUT2D eigenvalue weighted by molar-refractivity contribution is 0.415. The van der Waals surface area contributed by atoms with Gasteiger partial charge in [-0.15, -0.1) is 0 Å². The molecule has 0 aliphatic carbocycles. The van der Waals surface area contributed by atoms with E-state index in [4.69, 9.17) is 10.00 Å². The van der Waals surface area contributed by atoms with Crippen molar-refractivity contribution < 1.29 is 4.74 Å². The monoisotopic (exact) mass is 240 g/mol. The number of hydrogen-bond donors (Lipinski definition) is 1. The molecule has 0 aliphatic heterocycles. The number of nitriles is 1. The molecule has 90 valence electrons. The topological polar surface area (TPSA) is 70.8 Å². The smallest absolute Gasteiger partial charge is 0.163 e. The van der Waals surface area contributed by atoms with Crippen LogP contribution in [0.1, 0.15) is 5.69 Å². The molecular weight excluding hydrogens is 228 g/mol. The van der Waals surface area contributed by atoms with Crippen LogP contribution >= 0.6 is 0 Å². The Bertz CT molecular complexity index is 604. The van der Waals surface area contributed by atoms with Crippen molar-refractivity contribution in [3.8, 4) is 23.2 Å². The van der Waals surface area contributed by atoms with Gasteiger partial charge in [0.1, 0.15) is 23.3 Å². The van der Waals surface area contributed by atoms with Gasteiger partial charge < -0.3 is 10.1 Å². The molecule has 0 atom stereocenters. The highest BCUT2D eigenvalue weighted by Crippen LogP contribution is 2.22. The maximum atomic E-state index is 8.94. The van der Waals surface area contributed by atoms with Crippen LogP contribution in [-0.2, 0) is 0 Å². The number of rotatable bonds is 3. The van der Waals surface area contributed by atoms with Crippen LogP contribution in [0.25, 0.3) is 11.4 Å². The van der Waals surface area contributed by atoms with E-state index in [2.05, 4.69) is 15.3 Å². The molecule has 0 saturated carbocycles. The fourth-order valence-corrected chi connectivity index (χ4v) is 1.52. The van der Waals surface area contributed by atoms with Gasteiger partial charge in [0.05, 0.1) is 7.11 Å². The van der Waals surface area contributed by atoms with Crippen LogP contribution in [0, 0.1) is 11.3 Å².